The quantitative estimate of drug-likeness (QED) is 0.171. The molecule has 5 rings (SSSR count). The highest BCUT2D eigenvalue weighted by atomic mass is 16.1. The van der Waals surface area contributed by atoms with Crippen LogP contribution in [0.2, 0.25) is 0 Å². The molecule has 0 fully saturated rings. The van der Waals surface area contributed by atoms with Crippen LogP contribution in [0.15, 0.2) is 110 Å². The maximum atomic E-state index is 11.7. The van der Waals surface area contributed by atoms with E-state index in [0.29, 0.717) is 11.1 Å². The number of carbonyl (C=O) groups is 2. The molecule has 4 aromatic carbocycles. The lowest BCUT2D eigenvalue weighted by molar-refractivity contribution is 0.103. The second-order valence-electron chi connectivity index (χ2n) is 9.12. The van der Waals surface area contributed by atoms with Crippen molar-refractivity contribution in [2.75, 3.05) is 0 Å². The van der Waals surface area contributed by atoms with Gasteiger partial charge in [0.25, 0.3) is 0 Å². The standard InChI is InChI=1S/C36H24O2/c1-4-35(37)29-16-10-25(11-17-29)6-8-27-14-20-31-32-21-15-28(23-34(32)24(3)33(31)22-27)9-7-26-12-18-30(19-13-26)36(38)5-2/h4-5,10-24H,1-2H2,3H3. The molecular weight excluding hydrogens is 464 g/mol. The second-order valence-corrected chi connectivity index (χ2v) is 9.12. The highest BCUT2D eigenvalue weighted by Crippen LogP contribution is 2.45. The fourth-order valence-electron chi connectivity index (χ4n) is 4.62. The van der Waals surface area contributed by atoms with E-state index in [4.69, 9.17) is 0 Å². The summed E-state index contributed by atoms with van der Waals surface area (Å²) >= 11 is 0. The Hall–Kier alpha value is -5.18. The van der Waals surface area contributed by atoms with Crippen LogP contribution in [0, 0.1) is 23.7 Å². The van der Waals surface area contributed by atoms with Crippen molar-refractivity contribution in [1.82, 2.24) is 0 Å². The van der Waals surface area contributed by atoms with Crippen LogP contribution < -0.4 is 0 Å². The molecule has 0 aromatic heterocycles. The van der Waals surface area contributed by atoms with E-state index in [-0.39, 0.29) is 17.5 Å². The predicted molar refractivity (Wildman–Crippen MR) is 153 cm³/mol. The first kappa shape index (κ1) is 24.5. The number of rotatable bonds is 4. The Morgan fingerprint density at radius 3 is 1.29 bits per heavy atom. The van der Waals surface area contributed by atoms with E-state index < -0.39 is 0 Å². The summed E-state index contributed by atoms with van der Waals surface area (Å²) in [6, 6.07) is 27.2. The van der Waals surface area contributed by atoms with Gasteiger partial charge in [-0.05, 0) is 107 Å². The maximum absolute atomic E-state index is 11.7. The van der Waals surface area contributed by atoms with E-state index in [9.17, 15) is 9.59 Å². The van der Waals surface area contributed by atoms with Crippen LogP contribution in [0.4, 0.5) is 0 Å². The SMILES string of the molecule is C=CC(=O)c1ccc(C#Cc2ccc3c(c2)C(C)c2cc(C#Cc4ccc(C(=O)C=C)cc4)ccc2-3)cc1. The third kappa shape index (κ3) is 4.90. The van der Waals surface area contributed by atoms with Crippen LogP contribution in [0.1, 0.15) is 66.9 Å². The third-order valence-electron chi connectivity index (χ3n) is 6.74. The molecule has 0 amide bonds. The molecule has 0 heterocycles. The van der Waals surface area contributed by atoms with Crippen LogP contribution in [0.3, 0.4) is 0 Å². The van der Waals surface area contributed by atoms with Crippen LogP contribution in [0.5, 0.6) is 0 Å². The van der Waals surface area contributed by atoms with Crippen LogP contribution in [-0.2, 0) is 0 Å². The summed E-state index contributed by atoms with van der Waals surface area (Å²) in [4.78, 5) is 23.5. The first-order valence-corrected chi connectivity index (χ1v) is 12.3. The normalized spacial score (nSPS) is 11.2. The lowest BCUT2D eigenvalue weighted by Gasteiger charge is -2.06. The lowest BCUT2D eigenvalue weighted by Crippen LogP contribution is -1.93. The van der Waals surface area contributed by atoms with Crippen molar-refractivity contribution in [1.29, 1.82) is 0 Å². The van der Waals surface area contributed by atoms with E-state index in [0.717, 1.165) is 22.3 Å². The number of ketones is 2. The number of hydrogen-bond acceptors (Lipinski definition) is 2. The van der Waals surface area contributed by atoms with Crippen molar-refractivity contribution >= 4 is 11.6 Å². The molecule has 0 unspecified atom stereocenters. The van der Waals surface area contributed by atoms with Gasteiger partial charge in [0.2, 0.25) is 0 Å². The van der Waals surface area contributed by atoms with Crippen molar-refractivity contribution in [3.63, 3.8) is 0 Å². The molecule has 0 aliphatic heterocycles. The van der Waals surface area contributed by atoms with E-state index in [1.807, 2.05) is 24.3 Å². The molecule has 0 bridgehead atoms. The number of allylic oxidation sites excluding steroid dienone is 2. The van der Waals surface area contributed by atoms with Crippen LogP contribution in [0.25, 0.3) is 11.1 Å². The molecule has 1 aliphatic carbocycles. The molecule has 0 N–H and O–H groups in total. The first-order chi connectivity index (χ1) is 18.5. The molecule has 0 saturated carbocycles. The van der Waals surface area contributed by atoms with E-state index in [2.05, 4.69) is 80.2 Å². The minimum atomic E-state index is -0.0959. The van der Waals surface area contributed by atoms with Crippen molar-refractivity contribution < 1.29 is 9.59 Å². The zero-order valence-corrected chi connectivity index (χ0v) is 21.0. The fraction of sp³-hybridized carbons (Fsp3) is 0.0556. The van der Waals surface area contributed by atoms with Gasteiger partial charge in [0.15, 0.2) is 11.6 Å². The maximum Gasteiger partial charge on any atom is 0.185 e. The summed E-state index contributed by atoms with van der Waals surface area (Å²) in [5.74, 6) is 13.0. The number of carbonyl (C=O) groups excluding carboxylic acids is 2. The lowest BCUT2D eigenvalue weighted by atomic mass is 9.97. The van der Waals surface area contributed by atoms with Gasteiger partial charge in [0, 0.05) is 39.3 Å². The first-order valence-electron chi connectivity index (χ1n) is 12.3. The average molecular weight is 489 g/mol. The Kier molecular flexibility index (Phi) is 6.73. The Labute approximate surface area is 223 Å². The summed E-state index contributed by atoms with van der Waals surface area (Å²) in [7, 11) is 0. The average Bonchev–Trinajstić information content (AvgIpc) is 3.25. The molecular formula is C36H24O2. The molecule has 0 spiro atoms. The van der Waals surface area contributed by atoms with Gasteiger partial charge >= 0.3 is 0 Å². The van der Waals surface area contributed by atoms with Gasteiger partial charge in [0.05, 0.1) is 0 Å². The van der Waals surface area contributed by atoms with Crippen LogP contribution in [-0.4, -0.2) is 11.6 Å². The molecule has 1 aliphatic rings. The summed E-state index contributed by atoms with van der Waals surface area (Å²) in [6.45, 7) is 9.26. The molecule has 180 valence electrons. The zero-order valence-electron chi connectivity index (χ0n) is 21.0. The molecule has 2 heteroatoms. The number of hydrogen-bond donors (Lipinski definition) is 0. The minimum absolute atomic E-state index is 0.0959. The zero-order chi connectivity index (χ0) is 26.6. The Bertz CT molecular complexity index is 1600. The third-order valence-corrected chi connectivity index (χ3v) is 6.74. The summed E-state index contributed by atoms with van der Waals surface area (Å²) in [6.07, 6.45) is 2.63. The Morgan fingerprint density at radius 2 is 0.921 bits per heavy atom. The fourth-order valence-corrected chi connectivity index (χ4v) is 4.62. The summed E-state index contributed by atoms with van der Waals surface area (Å²) < 4.78 is 0. The molecule has 38 heavy (non-hydrogen) atoms. The van der Waals surface area contributed by atoms with Gasteiger partial charge in [-0.3, -0.25) is 9.59 Å². The highest BCUT2D eigenvalue weighted by molar-refractivity contribution is 6.04. The Morgan fingerprint density at radius 1 is 0.579 bits per heavy atom. The van der Waals surface area contributed by atoms with Crippen molar-refractivity contribution in [3.8, 4) is 34.8 Å². The van der Waals surface area contributed by atoms with Gasteiger partial charge in [-0.15, -0.1) is 0 Å². The Balaban J connectivity index is 1.36. The largest absolute Gasteiger partial charge is 0.289 e. The van der Waals surface area contributed by atoms with E-state index in [1.165, 1.54) is 34.4 Å². The summed E-state index contributed by atoms with van der Waals surface area (Å²) in [5, 5.41) is 0. The van der Waals surface area contributed by atoms with Gasteiger partial charge in [-0.2, -0.15) is 0 Å². The van der Waals surface area contributed by atoms with E-state index >= 15 is 0 Å². The van der Waals surface area contributed by atoms with Gasteiger partial charge in [-0.1, -0.05) is 55.9 Å². The highest BCUT2D eigenvalue weighted by Gasteiger charge is 2.25. The van der Waals surface area contributed by atoms with Gasteiger partial charge < -0.3 is 0 Å². The predicted octanol–water partition coefficient (Wildman–Crippen LogP) is 7.36. The molecule has 0 atom stereocenters. The monoisotopic (exact) mass is 488 g/mol. The van der Waals surface area contributed by atoms with Gasteiger partial charge in [-0.25, -0.2) is 0 Å². The molecule has 0 saturated heterocycles. The van der Waals surface area contributed by atoms with Crippen molar-refractivity contribution in [2.24, 2.45) is 0 Å². The van der Waals surface area contributed by atoms with Gasteiger partial charge in [0.1, 0.15) is 0 Å². The second kappa shape index (κ2) is 10.4. The number of fused-ring (bicyclic) bond motifs is 3. The number of benzene rings is 4. The molecule has 2 nitrogen and oxygen atoms in total. The van der Waals surface area contributed by atoms with Crippen molar-refractivity contribution in [3.05, 3.63) is 155 Å². The molecule has 4 aromatic rings. The van der Waals surface area contributed by atoms with Crippen LogP contribution >= 0.6 is 0 Å². The topological polar surface area (TPSA) is 34.1 Å². The minimum Gasteiger partial charge on any atom is -0.289 e. The molecule has 0 radical (unpaired) electrons. The smallest absolute Gasteiger partial charge is 0.185 e. The summed E-state index contributed by atoms with van der Waals surface area (Å²) in [5.41, 5.74) is 9.80. The van der Waals surface area contributed by atoms with Crippen molar-refractivity contribution in [2.45, 2.75) is 12.8 Å². The van der Waals surface area contributed by atoms with E-state index in [1.54, 1.807) is 24.3 Å².